The van der Waals surface area contributed by atoms with Crippen LogP contribution in [0.1, 0.15) is 40.0 Å². The van der Waals surface area contributed by atoms with E-state index in [1.54, 1.807) is 0 Å². The van der Waals surface area contributed by atoms with Crippen molar-refractivity contribution >= 4 is 5.91 Å². The first-order valence-electron chi connectivity index (χ1n) is 5.57. The molecule has 0 saturated carbocycles. The first kappa shape index (κ1) is 11.5. The van der Waals surface area contributed by atoms with E-state index in [-0.39, 0.29) is 11.9 Å². The highest BCUT2D eigenvalue weighted by molar-refractivity contribution is 5.77. The van der Waals surface area contributed by atoms with Gasteiger partial charge in [-0.3, -0.25) is 4.79 Å². The molecule has 3 nitrogen and oxygen atoms in total. The molecule has 0 aromatic heterocycles. The Bertz CT molecular complexity index is 201. The summed E-state index contributed by atoms with van der Waals surface area (Å²) in [6, 6.07) is 0.428. The van der Waals surface area contributed by atoms with Crippen molar-refractivity contribution in [3.8, 4) is 0 Å². The number of rotatable bonds is 3. The van der Waals surface area contributed by atoms with Gasteiger partial charge in [-0.2, -0.15) is 0 Å². The molecule has 82 valence electrons. The van der Waals surface area contributed by atoms with Gasteiger partial charge < -0.3 is 10.6 Å². The fraction of sp³-hybridized carbons (Fsp3) is 0.909. The van der Waals surface area contributed by atoms with E-state index in [1.807, 2.05) is 11.8 Å². The molecule has 2 N–H and O–H groups in total. The summed E-state index contributed by atoms with van der Waals surface area (Å²) in [6.07, 6.45) is 2.79. The van der Waals surface area contributed by atoms with Crippen molar-refractivity contribution < 1.29 is 4.79 Å². The molecule has 14 heavy (non-hydrogen) atoms. The number of likely N-dealkylation sites (tertiary alicyclic amines) is 1. The predicted octanol–water partition coefficient (Wildman–Crippen LogP) is 1.37. The summed E-state index contributed by atoms with van der Waals surface area (Å²) >= 11 is 0. The largest absolute Gasteiger partial charge is 0.339 e. The molecular formula is C11H22N2O. The predicted molar refractivity (Wildman–Crippen MR) is 57.8 cm³/mol. The third-order valence-corrected chi connectivity index (χ3v) is 2.89. The summed E-state index contributed by atoms with van der Waals surface area (Å²) in [6.45, 7) is 7.18. The minimum absolute atomic E-state index is 0.0177. The standard InChI is InChI=1S/C11H22N2O/c1-8(2)10-5-4-6-13(10)11(14)7-9(3)12/h8-10H,4-7,12H2,1-3H3. The lowest BCUT2D eigenvalue weighted by Gasteiger charge is -2.28. The molecule has 1 heterocycles. The molecule has 0 aliphatic carbocycles. The summed E-state index contributed by atoms with van der Waals surface area (Å²) in [5.41, 5.74) is 5.63. The average Bonchev–Trinajstić information content (AvgIpc) is 2.49. The van der Waals surface area contributed by atoms with Gasteiger partial charge in [-0.05, 0) is 25.7 Å². The minimum Gasteiger partial charge on any atom is -0.339 e. The maximum absolute atomic E-state index is 11.8. The van der Waals surface area contributed by atoms with E-state index in [0.29, 0.717) is 18.4 Å². The second-order valence-electron chi connectivity index (χ2n) is 4.72. The van der Waals surface area contributed by atoms with E-state index in [0.717, 1.165) is 19.4 Å². The zero-order valence-corrected chi connectivity index (χ0v) is 9.49. The van der Waals surface area contributed by atoms with Crippen LogP contribution in [-0.2, 0) is 4.79 Å². The lowest BCUT2D eigenvalue weighted by Crippen LogP contribution is -2.40. The van der Waals surface area contributed by atoms with E-state index in [9.17, 15) is 4.79 Å². The molecule has 0 aromatic rings. The van der Waals surface area contributed by atoms with Crippen LogP contribution >= 0.6 is 0 Å². The third-order valence-electron chi connectivity index (χ3n) is 2.89. The molecule has 1 aliphatic heterocycles. The van der Waals surface area contributed by atoms with E-state index >= 15 is 0 Å². The van der Waals surface area contributed by atoms with Gasteiger partial charge in [0.05, 0.1) is 0 Å². The summed E-state index contributed by atoms with van der Waals surface area (Å²) in [4.78, 5) is 13.8. The van der Waals surface area contributed by atoms with Crippen molar-refractivity contribution in [1.29, 1.82) is 0 Å². The molecule has 0 radical (unpaired) electrons. The quantitative estimate of drug-likeness (QED) is 0.744. The Kier molecular flexibility index (Phi) is 3.93. The molecule has 1 amide bonds. The van der Waals surface area contributed by atoms with Gasteiger partial charge in [0, 0.05) is 25.0 Å². The number of nitrogens with zero attached hydrogens (tertiary/aromatic N) is 1. The van der Waals surface area contributed by atoms with Crippen molar-refractivity contribution in [1.82, 2.24) is 4.90 Å². The van der Waals surface area contributed by atoms with E-state index < -0.39 is 0 Å². The van der Waals surface area contributed by atoms with Crippen molar-refractivity contribution in [2.45, 2.75) is 52.1 Å². The van der Waals surface area contributed by atoms with Gasteiger partial charge in [0.2, 0.25) is 5.91 Å². The van der Waals surface area contributed by atoms with E-state index in [4.69, 9.17) is 5.73 Å². The van der Waals surface area contributed by atoms with Crippen LogP contribution in [0.3, 0.4) is 0 Å². The van der Waals surface area contributed by atoms with E-state index in [1.165, 1.54) is 0 Å². The zero-order chi connectivity index (χ0) is 10.7. The molecule has 2 atom stereocenters. The number of hydrogen-bond donors (Lipinski definition) is 1. The van der Waals surface area contributed by atoms with Gasteiger partial charge in [0.25, 0.3) is 0 Å². The molecule has 0 aromatic carbocycles. The van der Waals surface area contributed by atoms with Crippen molar-refractivity contribution in [2.24, 2.45) is 11.7 Å². The Labute approximate surface area is 86.6 Å². The van der Waals surface area contributed by atoms with Crippen LogP contribution in [0.2, 0.25) is 0 Å². The summed E-state index contributed by atoms with van der Waals surface area (Å²) in [5.74, 6) is 0.797. The number of carbonyl (C=O) groups excluding carboxylic acids is 1. The highest BCUT2D eigenvalue weighted by atomic mass is 16.2. The Morgan fingerprint density at radius 3 is 2.64 bits per heavy atom. The SMILES string of the molecule is CC(N)CC(=O)N1CCCC1C(C)C. The third kappa shape index (κ3) is 2.71. The lowest BCUT2D eigenvalue weighted by atomic mass is 10.0. The fourth-order valence-corrected chi connectivity index (χ4v) is 2.19. The van der Waals surface area contributed by atoms with Gasteiger partial charge in [0.1, 0.15) is 0 Å². The van der Waals surface area contributed by atoms with Gasteiger partial charge in [-0.25, -0.2) is 0 Å². The number of carbonyl (C=O) groups is 1. The Hall–Kier alpha value is -0.570. The number of nitrogens with two attached hydrogens (primary N) is 1. The van der Waals surface area contributed by atoms with Crippen LogP contribution in [0.4, 0.5) is 0 Å². The molecule has 3 heteroatoms. The van der Waals surface area contributed by atoms with Crippen LogP contribution in [0.5, 0.6) is 0 Å². The Morgan fingerprint density at radius 1 is 1.50 bits per heavy atom. The Balaban J connectivity index is 2.53. The maximum atomic E-state index is 11.8. The van der Waals surface area contributed by atoms with Crippen LogP contribution in [-0.4, -0.2) is 29.4 Å². The topological polar surface area (TPSA) is 46.3 Å². The molecule has 1 saturated heterocycles. The average molecular weight is 198 g/mol. The summed E-state index contributed by atoms with van der Waals surface area (Å²) in [5, 5.41) is 0. The first-order chi connectivity index (χ1) is 6.52. The fourth-order valence-electron chi connectivity index (χ4n) is 2.19. The second kappa shape index (κ2) is 4.78. The Morgan fingerprint density at radius 2 is 2.14 bits per heavy atom. The van der Waals surface area contributed by atoms with Gasteiger partial charge >= 0.3 is 0 Å². The monoisotopic (exact) mass is 198 g/mol. The molecule has 1 aliphatic rings. The smallest absolute Gasteiger partial charge is 0.224 e. The van der Waals surface area contributed by atoms with Crippen LogP contribution in [0, 0.1) is 5.92 Å². The van der Waals surface area contributed by atoms with Crippen molar-refractivity contribution in [3.05, 3.63) is 0 Å². The summed E-state index contributed by atoms with van der Waals surface area (Å²) in [7, 11) is 0. The van der Waals surface area contributed by atoms with Gasteiger partial charge in [-0.15, -0.1) is 0 Å². The maximum Gasteiger partial charge on any atom is 0.224 e. The van der Waals surface area contributed by atoms with Gasteiger partial charge in [-0.1, -0.05) is 13.8 Å². The lowest BCUT2D eigenvalue weighted by molar-refractivity contribution is -0.133. The highest BCUT2D eigenvalue weighted by Crippen LogP contribution is 2.24. The number of amides is 1. The van der Waals surface area contributed by atoms with Crippen LogP contribution in [0.15, 0.2) is 0 Å². The molecule has 0 spiro atoms. The van der Waals surface area contributed by atoms with E-state index in [2.05, 4.69) is 13.8 Å². The van der Waals surface area contributed by atoms with Crippen molar-refractivity contribution in [2.75, 3.05) is 6.54 Å². The second-order valence-corrected chi connectivity index (χ2v) is 4.72. The normalized spacial score (nSPS) is 24.4. The molecule has 2 unspecified atom stereocenters. The van der Waals surface area contributed by atoms with Crippen LogP contribution in [0.25, 0.3) is 0 Å². The highest BCUT2D eigenvalue weighted by Gasteiger charge is 2.30. The molecular weight excluding hydrogens is 176 g/mol. The number of hydrogen-bond acceptors (Lipinski definition) is 2. The van der Waals surface area contributed by atoms with Gasteiger partial charge in [0.15, 0.2) is 0 Å². The van der Waals surface area contributed by atoms with Crippen molar-refractivity contribution in [3.63, 3.8) is 0 Å². The molecule has 1 rings (SSSR count). The minimum atomic E-state index is -0.0177. The molecule has 0 bridgehead atoms. The first-order valence-corrected chi connectivity index (χ1v) is 5.57. The van der Waals surface area contributed by atoms with Crippen LogP contribution < -0.4 is 5.73 Å². The molecule has 1 fully saturated rings. The zero-order valence-electron chi connectivity index (χ0n) is 9.49. The summed E-state index contributed by atoms with van der Waals surface area (Å²) < 4.78 is 0.